The molecule has 0 aromatic heterocycles. The Morgan fingerprint density at radius 1 is 1.50 bits per heavy atom. The van der Waals surface area contributed by atoms with Crippen molar-refractivity contribution in [1.82, 2.24) is 0 Å². The largest absolute Gasteiger partial charge is 0.493 e. The van der Waals surface area contributed by atoms with E-state index in [1.165, 1.54) is 12.1 Å². The van der Waals surface area contributed by atoms with E-state index in [1.807, 2.05) is 13.0 Å². The highest BCUT2D eigenvalue weighted by molar-refractivity contribution is 7.80. The lowest BCUT2D eigenvalue weighted by Gasteiger charge is -2.06. The summed E-state index contributed by atoms with van der Waals surface area (Å²) in [5.74, 6) is 1.07. The lowest BCUT2D eigenvalue weighted by molar-refractivity contribution is 0.339. The fourth-order valence-electron chi connectivity index (χ4n) is 1.12. The van der Waals surface area contributed by atoms with Gasteiger partial charge in [0.1, 0.15) is 11.6 Å². The number of halogens is 1. The van der Waals surface area contributed by atoms with Crippen molar-refractivity contribution in [1.29, 1.82) is 0 Å². The van der Waals surface area contributed by atoms with E-state index in [4.69, 9.17) is 4.74 Å². The average Bonchev–Trinajstić information content (AvgIpc) is 2.18. The molecule has 1 aromatic rings. The predicted octanol–water partition coefficient (Wildman–Crippen LogP) is 3.17. The third-order valence-corrected chi connectivity index (χ3v) is 1.89. The summed E-state index contributed by atoms with van der Waals surface area (Å²) in [7, 11) is 0. The number of rotatable bonds is 4. The van der Waals surface area contributed by atoms with Crippen molar-refractivity contribution in [3.05, 3.63) is 35.7 Å². The summed E-state index contributed by atoms with van der Waals surface area (Å²) in [5, 5.41) is 0. The minimum absolute atomic E-state index is 0.257. The van der Waals surface area contributed by atoms with Gasteiger partial charge in [-0.1, -0.05) is 12.2 Å². The highest BCUT2D eigenvalue weighted by Crippen LogP contribution is 2.21. The quantitative estimate of drug-likeness (QED) is 0.754. The standard InChI is InChI=1S/C11H13FOS/c1-2-13-11-6-5-10(12)8-9(11)4-3-7-14/h3-6,8,14H,2,7H2,1H3. The molecule has 0 bridgehead atoms. The van der Waals surface area contributed by atoms with Crippen LogP contribution in [0.1, 0.15) is 12.5 Å². The summed E-state index contributed by atoms with van der Waals surface area (Å²) in [6, 6.07) is 4.48. The normalized spacial score (nSPS) is 10.8. The van der Waals surface area contributed by atoms with Crippen LogP contribution in [0.3, 0.4) is 0 Å². The maximum Gasteiger partial charge on any atom is 0.126 e. The van der Waals surface area contributed by atoms with Crippen LogP contribution in [-0.2, 0) is 0 Å². The van der Waals surface area contributed by atoms with Gasteiger partial charge >= 0.3 is 0 Å². The van der Waals surface area contributed by atoms with Gasteiger partial charge in [0.15, 0.2) is 0 Å². The van der Waals surface area contributed by atoms with E-state index in [-0.39, 0.29) is 5.82 Å². The second-order valence-corrected chi connectivity index (χ2v) is 3.07. The van der Waals surface area contributed by atoms with Crippen LogP contribution in [0, 0.1) is 5.82 Å². The molecule has 0 saturated carbocycles. The average molecular weight is 212 g/mol. The first-order valence-corrected chi connectivity index (χ1v) is 5.11. The molecule has 0 aliphatic carbocycles. The van der Waals surface area contributed by atoms with Crippen molar-refractivity contribution in [3.63, 3.8) is 0 Å². The second-order valence-electron chi connectivity index (χ2n) is 2.70. The van der Waals surface area contributed by atoms with Gasteiger partial charge in [0.25, 0.3) is 0 Å². The SMILES string of the molecule is CCOc1ccc(F)cc1C=CCS. The van der Waals surface area contributed by atoms with Gasteiger partial charge in [-0.2, -0.15) is 12.6 Å². The molecule has 1 nitrogen and oxygen atoms in total. The molecule has 0 heterocycles. The van der Waals surface area contributed by atoms with Gasteiger partial charge in [-0.15, -0.1) is 0 Å². The molecule has 1 rings (SSSR count). The number of hydrogen-bond donors (Lipinski definition) is 1. The lowest BCUT2D eigenvalue weighted by Crippen LogP contribution is -1.94. The zero-order valence-corrected chi connectivity index (χ0v) is 8.93. The maximum atomic E-state index is 12.9. The number of ether oxygens (including phenoxy) is 1. The minimum atomic E-state index is -0.257. The van der Waals surface area contributed by atoms with Gasteiger partial charge in [-0.05, 0) is 25.1 Å². The highest BCUT2D eigenvalue weighted by atomic mass is 32.1. The first kappa shape index (κ1) is 11.1. The zero-order valence-electron chi connectivity index (χ0n) is 8.03. The molecule has 0 aliphatic rings. The first-order valence-electron chi connectivity index (χ1n) is 4.47. The van der Waals surface area contributed by atoms with E-state index in [1.54, 1.807) is 12.1 Å². The molecular formula is C11H13FOS. The maximum absolute atomic E-state index is 12.9. The second kappa shape index (κ2) is 5.70. The molecule has 0 atom stereocenters. The Hall–Kier alpha value is -0.960. The van der Waals surface area contributed by atoms with Crippen LogP contribution in [0.4, 0.5) is 4.39 Å². The van der Waals surface area contributed by atoms with Crippen LogP contribution >= 0.6 is 12.6 Å². The Morgan fingerprint density at radius 3 is 2.93 bits per heavy atom. The highest BCUT2D eigenvalue weighted by Gasteiger charge is 2.01. The van der Waals surface area contributed by atoms with E-state index in [2.05, 4.69) is 12.6 Å². The number of benzene rings is 1. The predicted molar refractivity (Wildman–Crippen MR) is 60.5 cm³/mol. The lowest BCUT2D eigenvalue weighted by atomic mass is 10.2. The van der Waals surface area contributed by atoms with Crippen LogP contribution in [0.5, 0.6) is 5.75 Å². The number of thiol groups is 1. The monoisotopic (exact) mass is 212 g/mol. The molecule has 0 saturated heterocycles. The molecule has 0 N–H and O–H groups in total. The van der Waals surface area contributed by atoms with Crippen LogP contribution in [0.25, 0.3) is 6.08 Å². The molecule has 0 fully saturated rings. The molecule has 0 aliphatic heterocycles. The summed E-state index contributed by atoms with van der Waals surface area (Å²) in [5.41, 5.74) is 0.751. The van der Waals surface area contributed by atoms with Crippen LogP contribution < -0.4 is 4.74 Å². The summed E-state index contributed by atoms with van der Waals surface area (Å²) in [6.07, 6.45) is 3.65. The van der Waals surface area contributed by atoms with Crippen LogP contribution in [0.15, 0.2) is 24.3 Å². The van der Waals surface area contributed by atoms with E-state index in [0.717, 1.165) is 5.56 Å². The van der Waals surface area contributed by atoms with E-state index in [9.17, 15) is 4.39 Å². The van der Waals surface area contributed by atoms with Gasteiger partial charge in [-0.25, -0.2) is 4.39 Å². The molecule has 0 radical (unpaired) electrons. The first-order chi connectivity index (χ1) is 6.77. The van der Waals surface area contributed by atoms with Crippen molar-refractivity contribution < 1.29 is 9.13 Å². The molecular weight excluding hydrogens is 199 g/mol. The van der Waals surface area contributed by atoms with Gasteiger partial charge in [0, 0.05) is 11.3 Å². The smallest absolute Gasteiger partial charge is 0.126 e. The van der Waals surface area contributed by atoms with Crippen molar-refractivity contribution >= 4 is 18.7 Å². The van der Waals surface area contributed by atoms with Crippen molar-refractivity contribution in [3.8, 4) is 5.75 Å². The zero-order chi connectivity index (χ0) is 10.4. The van der Waals surface area contributed by atoms with Gasteiger partial charge in [0.05, 0.1) is 6.61 Å². The van der Waals surface area contributed by atoms with Gasteiger partial charge in [-0.3, -0.25) is 0 Å². The third kappa shape index (κ3) is 3.07. The Labute approximate surface area is 89.0 Å². The summed E-state index contributed by atoms with van der Waals surface area (Å²) < 4.78 is 18.3. The van der Waals surface area contributed by atoms with Crippen LogP contribution in [-0.4, -0.2) is 12.4 Å². The van der Waals surface area contributed by atoms with E-state index < -0.39 is 0 Å². The molecule has 1 aromatic carbocycles. The van der Waals surface area contributed by atoms with Gasteiger partial charge in [0.2, 0.25) is 0 Å². The topological polar surface area (TPSA) is 9.23 Å². The third-order valence-electron chi connectivity index (χ3n) is 1.67. The summed E-state index contributed by atoms with van der Waals surface area (Å²) >= 11 is 4.04. The van der Waals surface area contributed by atoms with Crippen molar-refractivity contribution in [2.75, 3.05) is 12.4 Å². The molecule has 76 valence electrons. The summed E-state index contributed by atoms with van der Waals surface area (Å²) in [4.78, 5) is 0. The molecule has 3 heteroatoms. The van der Waals surface area contributed by atoms with Crippen molar-refractivity contribution in [2.45, 2.75) is 6.92 Å². The Bertz CT molecular complexity index is 323. The molecule has 0 amide bonds. The van der Waals surface area contributed by atoms with Crippen molar-refractivity contribution in [2.24, 2.45) is 0 Å². The van der Waals surface area contributed by atoms with Crippen LogP contribution in [0.2, 0.25) is 0 Å². The molecule has 0 unspecified atom stereocenters. The summed E-state index contributed by atoms with van der Waals surface area (Å²) in [6.45, 7) is 2.48. The fraction of sp³-hybridized carbons (Fsp3) is 0.273. The molecule has 0 spiro atoms. The fourth-order valence-corrected chi connectivity index (χ4v) is 1.22. The van der Waals surface area contributed by atoms with E-state index in [0.29, 0.717) is 18.1 Å². The van der Waals surface area contributed by atoms with Gasteiger partial charge < -0.3 is 4.74 Å². The molecule has 14 heavy (non-hydrogen) atoms. The Morgan fingerprint density at radius 2 is 2.29 bits per heavy atom. The van der Waals surface area contributed by atoms with E-state index >= 15 is 0 Å². The number of hydrogen-bond acceptors (Lipinski definition) is 2. The Kier molecular flexibility index (Phi) is 4.53. The Balaban J connectivity index is 2.96. The minimum Gasteiger partial charge on any atom is -0.493 e.